The summed E-state index contributed by atoms with van der Waals surface area (Å²) in [6.07, 6.45) is 1.55. The maximum absolute atomic E-state index is 12.5. The van der Waals surface area contributed by atoms with Crippen molar-refractivity contribution in [1.82, 2.24) is 10.1 Å². The molecular formula is C15H9Cl3N2O3S. The van der Waals surface area contributed by atoms with Crippen LogP contribution in [0.4, 0.5) is 0 Å². The van der Waals surface area contributed by atoms with Gasteiger partial charge in [-0.05, 0) is 19.1 Å². The molecule has 2 aromatic heterocycles. The summed E-state index contributed by atoms with van der Waals surface area (Å²) in [5.74, 6) is -0.280. The minimum atomic E-state index is -0.593. The normalized spacial score (nSPS) is 10.8. The summed E-state index contributed by atoms with van der Waals surface area (Å²) in [5.41, 5.74) is 0.849. The molecule has 0 N–H and O–H groups in total. The molecule has 0 aliphatic carbocycles. The summed E-state index contributed by atoms with van der Waals surface area (Å²) >= 11 is 19.4. The highest BCUT2D eigenvalue weighted by Gasteiger charge is 2.26. The minimum absolute atomic E-state index is 0.0452. The SMILES string of the molecule is Cc1onc(-c2c(Cl)cccc2Cl)c1C(=O)OCc1cnc(Cl)s1. The second-order valence-corrected chi connectivity index (χ2v) is 7.23. The molecule has 0 spiro atoms. The number of hydrogen-bond acceptors (Lipinski definition) is 6. The van der Waals surface area contributed by atoms with Crippen molar-refractivity contribution < 1.29 is 14.1 Å². The van der Waals surface area contributed by atoms with Gasteiger partial charge in [0.05, 0.1) is 14.9 Å². The van der Waals surface area contributed by atoms with Gasteiger partial charge in [0, 0.05) is 11.8 Å². The fourth-order valence-electron chi connectivity index (χ4n) is 2.07. The van der Waals surface area contributed by atoms with Gasteiger partial charge in [-0.2, -0.15) is 0 Å². The van der Waals surface area contributed by atoms with E-state index in [1.807, 2.05) is 0 Å². The Kier molecular flexibility index (Phi) is 5.10. The Hall–Kier alpha value is -1.60. The average Bonchev–Trinajstić information content (AvgIpc) is 3.11. The summed E-state index contributed by atoms with van der Waals surface area (Å²) in [7, 11) is 0. The van der Waals surface area contributed by atoms with Crippen LogP contribution in [0.25, 0.3) is 11.3 Å². The maximum Gasteiger partial charge on any atom is 0.344 e. The zero-order chi connectivity index (χ0) is 17.3. The molecule has 1 aromatic carbocycles. The van der Waals surface area contributed by atoms with Crippen molar-refractivity contribution in [2.24, 2.45) is 0 Å². The van der Waals surface area contributed by atoms with E-state index in [-0.39, 0.29) is 17.9 Å². The molecule has 3 rings (SSSR count). The number of ether oxygens (including phenoxy) is 1. The average molecular weight is 404 g/mol. The molecule has 0 fully saturated rings. The van der Waals surface area contributed by atoms with Crippen LogP contribution in [-0.4, -0.2) is 16.1 Å². The summed E-state index contributed by atoms with van der Waals surface area (Å²) < 4.78 is 10.8. The lowest BCUT2D eigenvalue weighted by Crippen LogP contribution is -2.07. The van der Waals surface area contributed by atoms with Crippen LogP contribution in [0, 0.1) is 6.92 Å². The van der Waals surface area contributed by atoms with Crippen LogP contribution in [-0.2, 0) is 11.3 Å². The van der Waals surface area contributed by atoms with Crippen molar-refractivity contribution in [2.75, 3.05) is 0 Å². The number of thiazole rings is 1. The molecule has 3 aromatic rings. The summed E-state index contributed by atoms with van der Waals surface area (Å²) in [4.78, 5) is 17.1. The largest absolute Gasteiger partial charge is 0.456 e. The molecule has 0 saturated heterocycles. The fraction of sp³-hybridized carbons (Fsp3) is 0.133. The smallest absolute Gasteiger partial charge is 0.344 e. The number of carbonyl (C=O) groups is 1. The first-order valence-electron chi connectivity index (χ1n) is 6.65. The maximum atomic E-state index is 12.5. The van der Waals surface area contributed by atoms with Gasteiger partial charge in [0.15, 0.2) is 4.47 Å². The van der Waals surface area contributed by atoms with Crippen LogP contribution in [0.15, 0.2) is 28.9 Å². The number of carbonyl (C=O) groups excluding carboxylic acids is 1. The molecule has 0 bridgehead atoms. The summed E-state index contributed by atoms with van der Waals surface area (Å²) in [5, 5.41) is 4.63. The second kappa shape index (κ2) is 7.11. The Morgan fingerprint density at radius 2 is 2.00 bits per heavy atom. The number of hydrogen-bond donors (Lipinski definition) is 0. The second-order valence-electron chi connectivity index (χ2n) is 4.71. The summed E-state index contributed by atoms with van der Waals surface area (Å²) in [6, 6.07) is 5.01. The Balaban J connectivity index is 1.91. The van der Waals surface area contributed by atoms with E-state index in [1.165, 1.54) is 11.3 Å². The Morgan fingerprint density at radius 1 is 1.29 bits per heavy atom. The third kappa shape index (κ3) is 3.42. The zero-order valence-corrected chi connectivity index (χ0v) is 15.3. The quantitative estimate of drug-likeness (QED) is 0.544. The summed E-state index contributed by atoms with van der Waals surface area (Å²) in [6.45, 7) is 1.66. The lowest BCUT2D eigenvalue weighted by Gasteiger charge is -2.06. The highest BCUT2D eigenvalue weighted by molar-refractivity contribution is 7.15. The minimum Gasteiger partial charge on any atom is -0.456 e. The van der Waals surface area contributed by atoms with E-state index in [9.17, 15) is 4.79 Å². The monoisotopic (exact) mass is 402 g/mol. The first kappa shape index (κ1) is 17.2. The van der Waals surface area contributed by atoms with Gasteiger partial charge in [0.1, 0.15) is 23.6 Å². The fourth-order valence-corrected chi connectivity index (χ4v) is 3.53. The molecule has 5 nitrogen and oxygen atoms in total. The Morgan fingerprint density at radius 3 is 2.62 bits per heavy atom. The molecule has 0 aliphatic heterocycles. The molecule has 0 atom stereocenters. The molecule has 124 valence electrons. The van der Waals surface area contributed by atoms with Gasteiger partial charge in [-0.25, -0.2) is 9.78 Å². The van der Waals surface area contributed by atoms with Crippen molar-refractivity contribution in [2.45, 2.75) is 13.5 Å². The zero-order valence-electron chi connectivity index (χ0n) is 12.2. The van der Waals surface area contributed by atoms with E-state index in [4.69, 9.17) is 44.1 Å². The molecule has 0 saturated carbocycles. The highest BCUT2D eigenvalue weighted by atomic mass is 35.5. The predicted octanol–water partition coefficient (Wildman–Crippen LogP) is 5.42. The van der Waals surface area contributed by atoms with E-state index < -0.39 is 5.97 Å². The van der Waals surface area contributed by atoms with Crippen LogP contribution >= 0.6 is 46.1 Å². The first-order valence-corrected chi connectivity index (χ1v) is 8.60. The predicted molar refractivity (Wildman–Crippen MR) is 92.9 cm³/mol. The standard InChI is InChI=1S/C15H9Cl3N2O3S/c1-7-11(14(21)22-6-8-5-19-15(18)24-8)13(20-23-7)12-9(16)3-2-4-10(12)17/h2-5H,6H2,1H3. The van der Waals surface area contributed by atoms with Gasteiger partial charge in [-0.3, -0.25) is 0 Å². The van der Waals surface area contributed by atoms with Gasteiger partial charge in [0.25, 0.3) is 0 Å². The van der Waals surface area contributed by atoms with E-state index in [2.05, 4.69) is 10.1 Å². The van der Waals surface area contributed by atoms with Crippen LogP contribution in [0.5, 0.6) is 0 Å². The van der Waals surface area contributed by atoms with Crippen LogP contribution in [0.3, 0.4) is 0 Å². The highest BCUT2D eigenvalue weighted by Crippen LogP contribution is 2.37. The van der Waals surface area contributed by atoms with Crippen molar-refractivity contribution in [3.05, 3.63) is 55.1 Å². The number of rotatable bonds is 4. The number of halogens is 3. The van der Waals surface area contributed by atoms with Gasteiger partial charge in [-0.1, -0.05) is 46.0 Å². The Labute approximate surface area is 156 Å². The lowest BCUT2D eigenvalue weighted by molar-refractivity contribution is 0.0475. The van der Waals surface area contributed by atoms with E-state index in [0.717, 1.165) is 4.88 Å². The van der Waals surface area contributed by atoms with Gasteiger partial charge >= 0.3 is 5.97 Å². The van der Waals surface area contributed by atoms with E-state index in [0.29, 0.717) is 25.8 Å². The van der Waals surface area contributed by atoms with Crippen LogP contribution < -0.4 is 0 Å². The van der Waals surface area contributed by atoms with Crippen LogP contribution in [0.2, 0.25) is 14.5 Å². The number of aryl methyl sites for hydroxylation is 1. The molecule has 0 amide bonds. The van der Waals surface area contributed by atoms with Crippen molar-refractivity contribution in [1.29, 1.82) is 0 Å². The Bertz CT molecular complexity index is 887. The molecule has 24 heavy (non-hydrogen) atoms. The molecule has 2 heterocycles. The van der Waals surface area contributed by atoms with Crippen molar-refractivity contribution in [3.63, 3.8) is 0 Å². The van der Waals surface area contributed by atoms with Gasteiger partial charge < -0.3 is 9.26 Å². The van der Waals surface area contributed by atoms with E-state index >= 15 is 0 Å². The molecule has 9 heteroatoms. The molecule has 0 aliphatic rings. The van der Waals surface area contributed by atoms with E-state index in [1.54, 1.807) is 31.3 Å². The topological polar surface area (TPSA) is 65.2 Å². The van der Waals surface area contributed by atoms with Crippen molar-refractivity contribution >= 4 is 52.1 Å². The number of nitrogens with zero attached hydrogens (tertiary/aromatic N) is 2. The van der Waals surface area contributed by atoms with Crippen LogP contribution in [0.1, 0.15) is 21.0 Å². The first-order chi connectivity index (χ1) is 11.5. The molecular weight excluding hydrogens is 395 g/mol. The van der Waals surface area contributed by atoms with Crippen molar-refractivity contribution in [3.8, 4) is 11.3 Å². The third-order valence-corrected chi connectivity index (χ3v) is 4.86. The number of benzene rings is 1. The lowest BCUT2D eigenvalue weighted by atomic mass is 10.1. The molecule has 0 radical (unpaired) electrons. The third-order valence-electron chi connectivity index (χ3n) is 3.14. The van der Waals surface area contributed by atoms with Gasteiger partial charge in [0.2, 0.25) is 0 Å². The van der Waals surface area contributed by atoms with Gasteiger partial charge in [-0.15, -0.1) is 11.3 Å². The number of aromatic nitrogens is 2. The number of esters is 1. The molecule has 0 unspecified atom stereocenters.